The van der Waals surface area contributed by atoms with Gasteiger partial charge < -0.3 is 20.6 Å². The first kappa shape index (κ1) is 24.1. The van der Waals surface area contributed by atoms with Crippen LogP contribution < -0.4 is 10.6 Å². The number of allylic oxidation sites excluding steroid dienone is 1. The highest BCUT2D eigenvalue weighted by atomic mass is 16.3. The van der Waals surface area contributed by atoms with Gasteiger partial charge in [-0.05, 0) is 85.2 Å². The van der Waals surface area contributed by atoms with Crippen molar-refractivity contribution in [3.63, 3.8) is 0 Å². The van der Waals surface area contributed by atoms with E-state index in [9.17, 15) is 9.90 Å². The molecule has 0 bridgehead atoms. The molecule has 5 rings (SSSR count). The van der Waals surface area contributed by atoms with Crippen LogP contribution in [0, 0.1) is 5.92 Å². The number of aliphatic hydroxyl groups excluding tert-OH is 1. The number of fused-ring (bicyclic) bond motifs is 1. The van der Waals surface area contributed by atoms with Crippen LogP contribution in [0.4, 0.5) is 17.1 Å². The SMILES string of the molecule is CC(O)C1CCN(C(=O)C(CC2=CCc3ccccc32)Nc2ccc(Nc3ccncc3)cc2)CC1. The van der Waals surface area contributed by atoms with Gasteiger partial charge in [0, 0.05) is 49.0 Å². The molecular formula is C30H34N4O2. The molecule has 1 fully saturated rings. The third-order valence-corrected chi connectivity index (χ3v) is 7.38. The van der Waals surface area contributed by atoms with Gasteiger partial charge in [-0.15, -0.1) is 0 Å². The normalized spacial score (nSPS) is 17.2. The standard InChI is InChI=1S/C30H34N4O2/c1-21(35)22-14-18-34(19-15-22)30(36)29(20-24-7-6-23-4-2-3-5-28(23)24)33-26-10-8-25(9-11-26)32-27-12-16-31-17-13-27/h2-5,7-13,16-17,21-22,29,33,35H,6,14-15,18-20H2,1H3,(H,31,32). The molecule has 2 unspecified atom stereocenters. The molecule has 0 saturated carbocycles. The Kier molecular flexibility index (Phi) is 7.33. The summed E-state index contributed by atoms with van der Waals surface area (Å²) in [4.78, 5) is 19.8. The number of carbonyl (C=O) groups is 1. The smallest absolute Gasteiger partial charge is 0.245 e. The average Bonchev–Trinajstić information content (AvgIpc) is 3.32. The van der Waals surface area contributed by atoms with Crippen LogP contribution in [0.3, 0.4) is 0 Å². The van der Waals surface area contributed by atoms with Crippen LogP contribution in [-0.4, -0.2) is 46.1 Å². The molecule has 1 aromatic heterocycles. The van der Waals surface area contributed by atoms with E-state index < -0.39 is 0 Å². The number of amides is 1. The number of benzene rings is 2. The number of pyridine rings is 1. The van der Waals surface area contributed by atoms with E-state index in [-0.39, 0.29) is 24.0 Å². The number of hydrogen-bond donors (Lipinski definition) is 3. The molecule has 1 saturated heterocycles. The largest absolute Gasteiger partial charge is 0.393 e. The summed E-state index contributed by atoms with van der Waals surface area (Å²) < 4.78 is 0. The van der Waals surface area contributed by atoms with Crippen molar-refractivity contribution in [3.05, 3.63) is 90.3 Å². The Morgan fingerprint density at radius 2 is 1.67 bits per heavy atom. The highest BCUT2D eigenvalue weighted by Gasteiger charge is 2.31. The maximum absolute atomic E-state index is 13.7. The molecule has 1 aliphatic carbocycles. The minimum atomic E-state index is -0.357. The van der Waals surface area contributed by atoms with Crippen molar-refractivity contribution < 1.29 is 9.90 Å². The molecule has 2 heterocycles. The molecule has 0 radical (unpaired) electrons. The molecule has 2 aliphatic rings. The Balaban J connectivity index is 1.31. The molecule has 2 atom stereocenters. The van der Waals surface area contributed by atoms with Crippen LogP contribution in [0.1, 0.15) is 37.3 Å². The number of aromatic nitrogens is 1. The first-order chi connectivity index (χ1) is 17.6. The summed E-state index contributed by atoms with van der Waals surface area (Å²) in [5.41, 5.74) is 6.67. The second-order valence-electron chi connectivity index (χ2n) is 9.83. The van der Waals surface area contributed by atoms with Gasteiger partial charge in [0.15, 0.2) is 0 Å². The Hall–Kier alpha value is -3.64. The van der Waals surface area contributed by atoms with Crippen LogP contribution in [0.15, 0.2) is 79.1 Å². The average molecular weight is 483 g/mol. The van der Waals surface area contributed by atoms with Crippen LogP contribution in [-0.2, 0) is 11.2 Å². The van der Waals surface area contributed by atoms with Crippen molar-refractivity contribution in [3.8, 4) is 0 Å². The minimum Gasteiger partial charge on any atom is -0.393 e. The van der Waals surface area contributed by atoms with Gasteiger partial charge in [0.25, 0.3) is 0 Å². The van der Waals surface area contributed by atoms with Crippen molar-refractivity contribution in [1.29, 1.82) is 0 Å². The number of nitrogens with one attached hydrogen (secondary N) is 2. The lowest BCUT2D eigenvalue weighted by Gasteiger charge is -2.35. The lowest BCUT2D eigenvalue weighted by atomic mass is 9.91. The molecule has 186 valence electrons. The quantitative estimate of drug-likeness (QED) is 0.409. The van der Waals surface area contributed by atoms with Gasteiger partial charge >= 0.3 is 0 Å². The maximum Gasteiger partial charge on any atom is 0.245 e. The molecule has 6 nitrogen and oxygen atoms in total. The lowest BCUT2D eigenvalue weighted by molar-refractivity contribution is -0.133. The van der Waals surface area contributed by atoms with Gasteiger partial charge in [0.05, 0.1) is 6.10 Å². The second-order valence-corrected chi connectivity index (χ2v) is 9.83. The zero-order valence-corrected chi connectivity index (χ0v) is 20.7. The Morgan fingerprint density at radius 3 is 2.39 bits per heavy atom. The van der Waals surface area contributed by atoms with Crippen molar-refractivity contribution in [1.82, 2.24) is 9.88 Å². The topological polar surface area (TPSA) is 77.5 Å². The van der Waals surface area contributed by atoms with Crippen LogP contribution in [0.2, 0.25) is 0 Å². The molecule has 6 heteroatoms. The van der Waals surface area contributed by atoms with Gasteiger partial charge in [-0.1, -0.05) is 30.3 Å². The molecule has 1 amide bonds. The highest BCUT2D eigenvalue weighted by Crippen LogP contribution is 2.32. The predicted octanol–water partition coefficient (Wildman–Crippen LogP) is 5.25. The summed E-state index contributed by atoms with van der Waals surface area (Å²) in [5, 5.41) is 16.9. The second kappa shape index (κ2) is 11.0. The zero-order valence-electron chi connectivity index (χ0n) is 20.7. The van der Waals surface area contributed by atoms with E-state index in [1.165, 1.54) is 16.7 Å². The predicted molar refractivity (Wildman–Crippen MR) is 145 cm³/mol. The van der Waals surface area contributed by atoms with Gasteiger partial charge in [0.2, 0.25) is 5.91 Å². The Morgan fingerprint density at radius 1 is 1.00 bits per heavy atom. The van der Waals surface area contributed by atoms with Crippen LogP contribution in [0.25, 0.3) is 5.57 Å². The van der Waals surface area contributed by atoms with E-state index in [1.807, 2.05) is 48.2 Å². The number of carbonyl (C=O) groups excluding carboxylic acids is 1. The van der Waals surface area contributed by atoms with E-state index in [0.717, 1.165) is 36.3 Å². The molecule has 3 aromatic rings. The fraction of sp³-hybridized carbons (Fsp3) is 0.333. The Bertz CT molecular complexity index is 1200. The number of likely N-dealkylation sites (tertiary alicyclic amines) is 1. The van der Waals surface area contributed by atoms with Crippen LogP contribution in [0.5, 0.6) is 0 Å². The number of aliphatic hydroxyl groups is 1. The monoisotopic (exact) mass is 482 g/mol. The molecule has 3 N–H and O–H groups in total. The van der Waals surface area contributed by atoms with E-state index >= 15 is 0 Å². The molecule has 1 aliphatic heterocycles. The van der Waals surface area contributed by atoms with E-state index in [4.69, 9.17) is 0 Å². The maximum atomic E-state index is 13.7. The van der Waals surface area contributed by atoms with E-state index in [2.05, 4.69) is 46.0 Å². The number of hydrogen-bond acceptors (Lipinski definition) is 5. The van der Waals surface area contributed by atoms with Gasteiger partial charge in [-0.2, -0.15) is 0 Å². The number of nitrogens with zero attached hydrogens (tertiary/aromatic N) is 2. The summed E-state index contributed by atoms with van der Waals surface area (Å²) in [7, 11) is 0. The highest BCUT2D eigenvalue weighted by molar-refractivity contribution is 5.88. The molecule has 0 spiro atoms. The number of anilines is 3. The first-order valence-corrected chi connectivity index (χ1v) is 12.8. The van der Waals surface area contributed by atoms with Crippen molar-refractivity contribution in [2.45, 2.75) is 44.8 Å². The van der Waals surface area contributed by atoms with Crippen molar-refractivity contribution in [2.24, 2.45) is 5.92 Å². The summed E-state index contributed by atoms with van der Waals surface area (Å²) in [6.45, 7) is 3.23. The van der Waals surface area contributed by atoms with Gasteiger partial charge in [-0.25, -0.2) is 0 Å². The molecule has 2 aromatic carbocycles. The third kappa shape index (κ3) is 5.60. The van der Waals surface area contributed by atoms with E-state index in [0.29, 0.717) is 19.5 Å². The molecular weight excluding hydrogens is 448 g/mol. The van der Waals surface area contributed by atoms with E-state index in [1.54, 1.807) is 12.4 Å². The summed E-state index contributed by atoms with van der Waals surface area (Å²) in [5.74, 6) is 0.397. The zero-order chi connectivity index (χ0) is 24.9. The number of rotatable bonds is 8. The van der Waals surface area contributed by atoms with Gasteiger partial charge in [0.1, 0.15) is 6.04 Å². The Labute approximate surface area is 213 Å². The lowest BCUT2D eigenvalue weighted by Crippen LogP contribution is -2.47. The summed E-state index contributed by atoms with van der Waals surface area (Å²) in [6, 6.07) is 20.0. The van der Waals surface area contributed by atoms with Crippen LogP contribution >= 0.6 is 0 Å². The van der Waals surface area contributed by atoms with Crippen molar-refractivity contribution in [2.75, 3.05) is 23.7 Å². The van der Waals surface area contributed by atoms with Crippen molar-refractivity contribution >= 4 is 28.5 Å². The summed E-state index contributed by atoms with van der Waals surface area (Å²) >= 11 is 0. The minimum absolute atomic E-state index is 0.128. The molecule has 36 heavy (non-hydrogen) atoms. The summed E-state index contributed by atoms with van der Waals surface area (Å²) in [6.07, 6.45) is 8.70. The fourth-order valence-corrected chi connectivity index (χ4v) is 5.24. The first-order valence-electron chi connectivity index (χ1n) is 12.8. The third-order valence-electron chi connectivity index (χ3n) is 7.38. The van der Waals surface area contributed by atoms with Gasteiger partial charge in [-0.3, -0.25) is 9.78 Å². The fourth-order valence-electron chi connectivity index (χ4n) is 5.24. The number of piperidine rings is 1.